The quantitative estimate of drug-likeness (QED) is 0.292. The van der Waals surface area contributed by atoms with Gasteiger partial charge in [0.05, 0.1) is 9.85 Å². The highest BCUT2D eigenvalue weighted by molar-refractivity contribution is 6.02. The van der Waals surface area contributed by atoms with E-state index >= 15 is 0 Å². The normalized spacial score (nSPS) is 13.4. The summed E-state index contributed by atoms with van der Waals surface area (Å²) in [4.78, 5) is 49.4. The van der Waals surface area contributed by atoms with Crippen molar-refractivity contribution in [2.45, 2.75) is 0 Å². The van der Waals surface area contributed by atoms with Crippen LogP contribution < -0.4 is 10.2 Å². The van der Waals surface area contributed by atoms with Crippen molar-refractivity contribution in [2.75, 3.05) is 36.4 Å². The van der Waals surface area contributed by atoms with Gasteiger partial charge < -0.3 is 15.1 Å². The Hall–Kier alpha value is -5.06. The van der Waals surface area contributed by atoms with Gasteiger partial charge in [-0.2, -0.15) is 0 Å². The highest BCUT2D eigenvalue weighted by Gasteiger charge is 2.23. The molecule has 1 aliphatic rings. The summed E-state index contributed by atoms with van der Waals surface area (Å²) >= 11 is 0. The standard InChI is InChI=1S/C26H23N5O6/c32-25(14-3-19-1-8-23(9-2-19)30(34)35)27-21-6-12-22(13-7-21)28-15-17-29(18-16-28)26(33)20-4-10-24(11-5-20)31(36)37/h1-14H,15-18H2,(H,27,32)/b14-3+. The summed E-state index contributed by atoms with van der Waals surface area (Å²) in [5.74, 6) is -0.487. The Morgan fingerprint density at radius 1 is 0.757 bits per heavy atom. The number of amides is 2. The first-order valence-electron chi connectivity index (χ1n) is 11.4. The summed E-state index contributed by atoms with van der Waals surface area (Å²) in [7, 11) is 0. The minimum absolute atomic E-state index is 0.0146. The second-order valence-corrected chi connectivity index (χ2v) is 8.30. The molecule has 0 bridgehead atoms. The number of nitro benzene ring substituents is 2. The van der Waals surface area contributed by atoms with Gasteiger partial charge in [0.25, 0.3) is 17.3 Å². The van der Waals surface area contributed by atoms with Crippen LogP contribution in [-0.4, -0.2) is 52.7 Å². The van der Waals surface area contributed by atoms with Gasteiger partial charge in [-0.1, -0.05) is 0 Å². The molecule has 11 nitrogen and oxygen atoms in total. The molecule has 1 aliphatic heterocycles. The zero-order valence-corrected chi connectivity index (χ0v) is 19.6. The summed E-state index contributed by atoms with van der Waals surface area (Å²) in [6.45, 7) is 2.29. The summed E-state index contributed by atoms with van der Waals surface area (Å²) in [6, 6.07) is 18.9. The number of carbonyl (C=O) groups excluding carboxylic acids is 2. The van der Waals surface area contributed by atoms with E-state index in [9.17, 15) is 29.8 Å². The minimum Gasteiger partial charge on any atom is -0.368 e. The van der Waals surface area contributed by atoms with E-state index in [1.807, 2.05) is 12.1 Å². The number of hydrogen-bond acceptors (Lipinski definition) is 7. The molecule has 0 radical (unpaired) electrons. The number of hydrogen-bond donors (Lipinski definition) is 1. The van der Waals surface area contributed by atoms with Crippen LogP contribution in [0.3, 0.4) is 0 Å². The van der Waals surface area contributed by atoms with Crippen molar-refractivity contribution in [3.63, 3.8) is 0 Å². The minimum atomic E-state index is -0.498. The third-order valence-corrected chi connectivity index (χ3v) is 5.92. The van der Waals surface area contributed by atoms with Crippen molar-refractivity contribution in [1.29, 1.82) is 0 Å². The van der Waals surface area contributed by atoms with Gasteiger partial charge in [-0.25, -0.2) is 0 Å². The van der Waals surface area contributed by atoms with Crippen LogP contribution in [0.25, 0.3) is 6.08 Å². The highest BCUT2D eigenvalue weighted by Crippen LogP contribution is 2.21. The number of benzene rings is 3. The Balaban J connectivity index is 1.27. The molecule has 1 N–H and O–H groups in total. The molecule has 11 heteroatoms. The third kappa shape index (κ3) is 6.34. The maximum absolute atomic E-state index is 12.7. The van der Waals surface area contributed by atoms with E-state index < -0.39 is 9.85 Å². The van der Waals surface area contributed by atoms with Gasteiger partial charge in [-0.15, -0.1) is 0 Å². The second-order valence-electron chi connectivity index (χ2n) is 8.30. The van der Waals surface area contributed by atoms with Crippen LogP contribution in [0.2, 0.25) is 0 Å². The number of non-ortho nitro benzene ring substituents is 2. The molecule has 2 amide bonds. The number of carbonyl (C=O) groups is 2. The van der Waals surface area contributed by atoms with Crippen molar-refractivity contribution in [1.82, 2.24) is 4.90 Å². The molecule has 37 heavy (non-hydrogen) atoms. The topological polar surface area (TPSA) is 139 Å². The van der Waals surface area contributed by atoms with E-state index in [0.717, 1.165) is 5.69 Å². The monoisotopic (exact) mass is 501 g/mol. The lowest BCUT2D eigenvalue weighted by molar-refractivity contribution is -0.385. The SMILES string of the molecule is O=C(/C=C/c1ccc([N+](=O)[O-])cc1)Nc1ccc(N2CCN(C(=O)c3ccc([N+](=O)[O-])cc3)CC2)cc1. The molecule has 0 saturated carbocycles. The lowest BCUT2D eigenvalue weighted by atomic mass is 10.1. The van der Waals surface area contributed by atoms with Crippen molar-refractivity contribution < 1.29 is 19.4 Å². The highest BCUT2D eigenvalue weighted by atomic mass is 16.6. The van der Waals surface area contributed by atoms with E-state index in [4.69, 9.17) is 0 Å². The van der Waals surface area contributed by atoms with E-state index in [-0.39, 0.29) is 23.2 Å². The van der Waals surface area contributed by atoms with Crippen molar-refractivity contribution in [3.8, 4) is 0 Å². The fraction of sp³-hybridized carbons (Fsp3) is 0.154. The molecule has 1 fully saturated rings. The van der Waals surface area contributed by atoms with E-state index in [1.165, 1.54) is 42.5 Å². The Morgan fingerprint density at radius 3 is 1.84 bits per heavy atom. The van der Waals surface area contributed by atoms with E-state index in [2.05, 4.69) is 10.2 Å². The van der Waals surface area contributed by atoms with Crippen LogP contribution in [0.4, 0.5) is 22.7 Å². The average Bonchev–Trinajstić information content (AvgIpc) is 2.92. The zero-order chi connectivity index (χ0) is 26.4. The average molecular weight is 501 g/mol. The van der Waals surface area contributed by atoms with Crippen LogP contribution >= 0.6 is 0 Å². The Kier molecular flexibility index (Phi) is 7.53. The third-order valence-electron chi connectivity index (χ3n) is 5.92. The van der Waals surface area contributed by atoms with Crippen molar-refractivity contribution >= 4 is 40.6 Å². The first kappa shape index (κ1) is 25.0. The zero-order valence-electron chi connectivity index (χ0n) is 19.6. The molecule has 1 saturated heterocycles. The van der Waals surface area contributed by atoms with Gasteiger partial charge in [0, 0.05) is 73.5 Å². The van der Waals surface area contributed by atoms with Crippen LogP contribution in [-0.2, 0) is 4.79 Å². The molecule has 0 unspecified atom stereocenters. The molecule has 0 aliphatic carbocycles. The summed E-state index contributed by atoms with van der Waals surface area (Å²) in [6.07, 6.45) is 2.93. The first-order chi connectivity index (χ1) is 17.8. The van der Waals surface area contributed by atoms with Gasteiger partial charge in [-0.3, -0.25) is 29.8 Å². The van der Waals surface area contributed by atoms with Gasteiger partial charge in [-0.05, 0) is 60.2 Å². The van der Waals surface area contributed by atoms with Crippen LogP contribution in [0.15, 0.2) is 78.9 Å². The smallest absolute Gasteiger partial charge is 0.269 e. The molecule has 3 aromatic rings. The lowest BCUT2D eigenvalue weighted by Crippen LogP contribution is -2.48. The summed E-state index contributed by atoms with van der Waals surface area (Å²) < 4.78 is 0. The number of nitro groups is 2. The molecule has 1 heterocycles. The number of anilines is 2. The number of rotatable bonds is 7. The van der Waals surface area contributed by atoms with Crippen molar-refractivity contribution in [2.24, 2.45) is 0 Å². The number of piperazine rings is 1. The summed E-state index contributed by atoms with van der Waals surface area (Å²) in [5.41, 5.74) is 2.60. The first-order valence-corrected chi connectivity index (χ1v) is 11.4. The Morgan fingerprint density at radius 2 is 1.30 bits per heavy atom. The molecule has 3 aromatic carbocycles. The van der Waals surface area contributed by atoms with Crippen molar-refractivity contribution in [3.05, 3.63) is 110 Å². The Labute approximate surface area is 211 Å². The van der Waals surface area contributed by atoms with Gasteiger partial charge in [0.2, 0.25) is 5.91 Å². The van der Waals surface area contributed by atoms with Gasteiger partial charge in [0.15, 0.2) is 0 Å². The molecule has 188 valence electrons. The number of nitrogens with zero attached hydrogens (tertiary/aromatic N) is 4. The Bertz CT molecular complexity index is 1330. The predicted molar refractivity (Wildman–Crippen MR) is 138 cm³/mol. The maximum Gasteiger partial charge on any atom is 0.269 e. The number of nitrogens with one attached hydrogen (secondary N) is 1. The summed E-state index contributed by atoms with van der Waals surface area (Å²) in [5, 5.41) is 24.3. The molecule has 4 rings (SSSR count). The van der Waals surface area contributed by atoms with Crippen LogP contribution in [0.1, 0.15) is 15.9 Å². The molecular weight excluding hydrogens is 478 g/mol. The van der Waals surface area contributed by atoms with E-state index in [1.54, 1.807) is 35.2 Å². The van der Waals surface area contributed by atoms with Crippen LogP contribution in [0.5, 0.6) is 0 Å². The fourth-order valence-corrected chi connectivity index (χ4v) is 3.89. The van der Waals surface area contributed by atoms with E-state index in [0.29, 0.717) is 43.0 Å². The maximum atomic E-state index is 12.7. The molecule has 0 spiro atoms. The molecule has 0 atom stereocenters. The fourth-order valence-electron chi connectivity index (χ4n) is 3.89. The van der Waals surface area contributed by atoms with Gasteiger partial charge in [0.1, 0.15) is 0 Å². The molecule has 0 aromatic heterocycles. The van der Waals surface area contributed by atoms with Crippen LogP contribution in [0, 0.1) is 20.2 Å². The second kappa shape index (κ2) is 11.1. The molecular formula is C26H23N5O6. The lowest BCUT2D eigenvalue weighted by Gasteiger charge is -2.36. The largest absolute Gasteiger partial charge is 0.368 e. The predicted octanol–water partition coefficient (Wildman–Crippen LogP) is 4.12. The van der Waals surface area contributed by atoms with Gasteiger partial charge >= 0.3 is 0 Å².